The molecule has 3 aromatic rings. The van der Waals surface area contributed by atoms with Crippen LogP contribution in [0.4, 0.5) is 5.82 Å². The van der Waals surface area contributed by atoms with Crippen LogP contribution in [-0.4, -0.2) is 29.3 Å². The van der Waals surface area contributed by atoms with Crippen LogP contribution in [0, 0.1) is 5.41 Å². The third-order valence-corrected chi connectivity index (χ3v) is 6.11. The van der Waals surface area contributed by atoms with Gasteiger partial charge in [-0.05, 0) is 36.5 Å². The molecule has 4 rings (SSSR count). The van der Waals surface area contributed by atoms with E-state index in [1.165, 1.54) is 6.42 Å². The van der Waals surface area contributed by atoms with E-state index in [0.29, 0.717) is 11.2 Å². The summed E-state index contributed by atoms with van der Waals surface area (Å²) in [4.78, 5) is 17.0. The summed E-state index contributed by atoms with van der Waals surface area (Å²) in [6.07, 6.45) is 5.52. The predicted octanol–water partition coefficient (Wildman–Crippen LogP) is 5.57. The Morgan fingerprint density at radius 1 is 1.09 bits per heavy atom. The van der Waals surface area contributed by atoms with Gasteiger partial charge in [-0.2, -0.15) is 0 Å². The van der Waals surface area contributed by atoms with Crippen molar-refractivity contribution in [1.29, 1.82) is 0 Å². The number of benzene rings is 1. The van der Waals surface area contributed by atoms with Crippen molar-refractivity contribution in [3.63, 3.8) is 0 Å². The molecule has 0 radical (unpaired) electrons. The van der Waals surface area contributed by atoms with Crippen LogP contribution in [0.5, 0.6) is 0 Å². The molecule has 1 aromatic carbocycles. The monoisotopic (exact) mass is 447 g/mol. The van der Waals surface area contributed by atoms with Crippen LogP contribution in [0.1, 0.15) is 57.6 Å². The Bertz CT molecular complexity index is 1080. The molecule has 1 saturated heterocycles. The minimum absolute atomic E-state index is 0.121. The summed E-state index contributed by atoms with van der Waals surface area (Å²) in [6, 6.07) is 14.0. The molecule has 6 nitrogen and oxygen atoms in total. The largest absolute Gasteiger partial charge is 0.380 e. The molecule has 6 heteroatoms. The van der Waals surface area contributed by atoms with Gasteiger partial charge in [-0.15, -0.1) is 0 Å². The number of aromatic nitrogens is 2. The molecule has 174 valence electrons. The zero-order valence-electron chi connectivity index (χ0n) is 20.0. The van der Waals surface area contributed by atoms with Gasteiger partial charge in [-0.25, -0.2) is 0 Å². The van der Waals surface area contributed by atoms with Crippen LogP contribution < -0.4 is 5.32 Å². The lowest BCUT2D eigenvalue weighted by Crippen LogP contribution is -2.39. The van der Waals surface area contributed by atoms with E-state index in [4.69, 9.17) is 9.26 Å². The van der Waals surface area contributed by atoms with E-state index in [0.717, 1.165) is 54.2 Å². The lowest BCUT2D eigenvalue weighted by atomic mass is 9.83. The van der Waals surface area contributed by atoms with E-state index in [1.54, 1.807) is 6.07 Å². The van der Waals surface area contributed by atoms with Crippen LogP contribution in [0.15, 0.2) is 53.2 Å². The van der Waals surface area contributed by atoms with Crippen molar-refractivity contribution in [2.75, 3.05) is 18.5 Å². The number of hydrogen-bond acceptors (Lipinski definition) is 5. The van der Waals surface area contributed by atoms with E-state index in [-0.39, 0.29) is 17.7 Å². The Kier molecular flexibility index (Phi) is 6.66. The molecule has 1 fully saturated rings. The second-order valence-corrected chi connectivity index (χ2v) is 10.4. The van der Waals surface area contributed by atoms with Gasteiger partial charge in [-0.1, -0.05) is 63.2 Å². The maximum absolute atomic E-state index is 12.4. The number of nitrogens with one attached hydrogen (secondary N) is 1. The molecule has 0 saturated carbocycles. The van der Waals surface area contributed by atoms with Gasteiger partial charge in [0.1, 0.15) is 5.76 Å². The van der Waals surface area contributed by atoms with Crippen LogP contribution in [-0.2, 0) is 27.8 Å². The van der Waals surface area contributed by atoms with Crippen LogP contribution >= 0.6 is 0 Å². The number of ether oxygens (including phenoxy) is 1. The van der Waals surface area contributed by atoms with Crippen molar-refractivity contribution < 1.29 is 14.1 Å². The molecule has 0 unspecified atom stereocenters. The number of carbonyl (C=O) groups is 1. The smallest absolute Gasteiger partial charge is 0.230 e. The molecule has 0 bridgehead atoms. The van der Waals surface area contributed by atoms with Crippen molar-refractivity contribution in [3.8, 4) is 11.1 Å². The summed E-state index contributed by atoms with van der Waals surface area (Å²) >= 11 is 0. The highest BCUT2D eigenvalue weighted by Gasteiger charge is 2.32. The van der Waals surface area contributed by atoms with E-state index in [9.17, 15) is 4.79 Å². The summed E-state index contributed by atoms with van der Waals surface area (Å²) in [6.45, 7) is 10.2. The Balaban J connectivity index is 1.28. The summed E-state index contributed by atoms with van der Waals surface area (Å²) in [5.74, 6) is 1.07. The van der Waals surface area contributed by atoms with Crippen molar-refractivity contribution in [1.82, 2.24) is 10.1 Å². The molecule has 2 aromatic heterocycles. The number of rotatable bonds is 8. The number of pyridine rings is 1. The fourth-order valence-electron chi connectivity index (χ4n) is 3.91. The number of anilines is 1. The summed E-state index contributed by atoms with van der Waals surface area (Å²) in [5, 5.41) is 6.75. The molecule has 3 heterocycles. The maximum atomic E-state index is 12.4. The van der Waals surface area contributed by atoms with Crippen LogP contribution in [0.25, 0.3) is 11.1 Å². The number of nitrogens with zero attached hydrogens (tertiary/aromatic N) is 2. The van der Waals surface area contributed by atoms with Crippen molar-refractivity contribution >= 4 is 11.7 Å². The third-order valence-electron chi connectivity index (χ3n) is 6.11. The van der Waals surface area contributed by atoms with Crippen molar-refractivity contribution in [2.24, 2.45) is 5.41 Å². The predicted molar refractivity (Wildman–Crippen MR) is 129 cm³/mol. The third kappa shape index (κ3) is 6.08. The molecule has 0 atom stereocenters. The number of hydrogen-bond donors (Lipinski definition) is 1. The minimum atomic E-state index is -0.150. The highest BCUT2D eigenvalue weighted by Crippen LogP contribution is 2.32. The second-order valence-electron chi connectivity index (χ2n) is 10.4. The van der Waals surface area contributed by atoms with E-state index < -0.39 is 0 Å². The Hall–Kier alpha value is -2.99. The van der Waals surface area contributed by atoms with Crippen molar-refractivity contribution in [2.45, 2.75) is 58.8 Å². The molecule has 1 amide bonds. The summed E-state index contributed by atoms with van der Waals surface area (Å²) < 4.78 is 10.7. The fourth-order valence-corrected chi connectivity index (χ4v) is 3.91. The topological polar surface area (TPSA) is 77.3 Å². The lowest BCUT2D eigenvalue weighted by molar-refractivity contribution is -0.115. The minimum Gasteiger partial charge on any atom is -0.380 e. The molecule has 1 N–H and O–H groups in total. The van der Waals surface area contributed by atoms with E-state index in [1.807, 2.05) is 51.2 Å². The number of aryl methyl sites for hydroxylation is 1. The molecular weight excluding hydrogens is 414 g/mol. The van der Waals surface area contributed by atoms with Crippen LogP contribution in [0.3, 0.4) is 0 Å². The van der Waals surface area contributed by atoms with Gasteiger partial charge in [0.15, 0.2) is 5.82 Å². The fraction of sp³-hybridized carbons (Fsp3) is 0.444. The standard InChI is InChI=1S/C27H33N3O3/c1-26(2,3)23-15-24(30-33-23)29-25(31)14-19-7-9-20(10-8-19)21-11-12-22(28-16-21)6-5-13-27(4)17-32-18-27/h7-12,15-16H,5-6,13-14,17-18H2,1-4H3,(H,29,30,31). The first-order chi connectivity index (χ1) is 15.7. The average Bonchev–Trinajstić information content (AvgIpc) is 3.22. The van der Waals surface area contributed by atoms with Crippen molar-refractivity contribution in [3.05, 3.63) is 65.7 Å². The molecule has 1 aliphatic rings. The maximum Gasteiger partial charge on any atom is 0.230 e. The molecule has 0 spiro atoms. The number of amides is 1. The second kappa shape index (κ2) is 9.48. The molecule has 1 aliphatic heterocycles. The van der Waals surface area contributed by atoms with Gasteiger partial charge in [0.05, 0.1) is 19.6 Å². The Morgan fingerprint density at radius 3 is 2.39 bits per heavy atom. The van der Waals surface area contributed by atoms with E-state index >= 15 is 0 Å². The van der Waals surface area contributed by atoms with Gasteiger partial charge in [0, 0.05) is 34.4 Å². The Morgan fingerprint density at radius 2 is 1.82 bits per heavy atom. The highest BCUT2D eigenvalue weighted by atomic mass is 16.5. The van der Waals surface area contributed by atoms with Gasteiger partial charge in [-0.3, -0.25) is 9.78 Å². The SMILES string of the molecule is CC1(CCCc2ccc(-c3ccc(CC(=O)Nc4cc(C(C)(C)C)on4)cc3)cn2)COC1. The van der Waals surface area contributed by atoms with Gasteiger partial charge >= 0.3 is 0 Å². The van der Waals surface area contributed by atoms with Crippen LogP contribution in [0.2, 0.25) is 0 Å². The first-order valence-corrected chi connectivity index (χ1v) is 11.6. The Labute approximate surface area is 195 Å². The van der Waals surface area contributed by atoms with Gasteiger partial charge in [0.25, 0.3) is 0 Å². The molecule has 33 heavy (non-hydrogen) atoms. The summed E-state index contributed by atoms with van der Waals surface area (Å²) in [7, 11) is 0. The average molecular weight is 448 g/mol. The first-order valence-electron chi connectivity index (χ1n) is 11.6. The van der Waals surface area contributed by atoms with Gasteiger partial charge in [0.2, 0.25) is 5.91 Å². The molecule has 0 aliphatic carbocycles. The first kappa shape index (κ1) is 23.2. The summed E-state index contributed by atoms with van der Waals surface area (Å²) in [5.41, 5.74) is 4.44. The molecular formula is C27H33N3O3. The quantitative estimate of drug-likeness (QED) is 0.488. The normalized spacial score (nSPS) is 15.2. The van der Waals surface area contributed by atoms with Gasteiger partial charge < -0.3 is 14.6 Å². The number of carbonyl (C=O) groups excluding carboxylic acids is 1. The lowest BCUT2D eigenvalue weighted by Gasteiger charge is -2.38. The zero-order valence-corrected chi connectivity index (χ0v) is 20.0. The zero-order chi connectivity index (χ0) is 23.5. The van der Waals surface area contributed by atoms with E-state index in [2.05, 4.69) is 34.5 Å². The highest BCUT2D eigenvalue weighted by molar-refractivity contribution is 5.91.